The van der Waals surface area contributed by atoms with Gasteiger partial charge in [0, 0.05) is 44.4 Å². The van der Waals surface area contributed by atoms with Crippen molar-refractivity contribution < 1.29 is 9.47 Å². The highest BCUT2D eigenvalue weighted by Gasteiger charge is 2.32. The van der Waals surface area contributed by atoms with Gasteiger partial charge in [-0.1, -0.05) is 28.1 Å². The van der Waals surface area contributed by atoms with Crippen LogP contribution in [0.15, 0.2) is 28.7 Å². The molecule has 1 N–H and O–H groups in total. The number of hydrogen-bond donors (Lipinski definition) is 1. The summed E-state index contributed by atoms with van der Waals surface area (Å²) in [6.45, 7) is 2.94. The smallest absolute Gasteiger partial charge is 0.0971 e. The fraction of sp³-hybridized carbons (Fsp3) is 0.625. The Morgan fingerprint density at radius 3 is 2.48 bits per heavy atom. The zero-order chi connectivity index (χ0) is 15.2. The van der Waals surface area contributed by atoms with Crippen molar-refractivity contribution in [2.45, 2.75) is 24.7 Å². The van der Waals surface area contributed by atoms with Gasteiger partial charge in [-0.15, -0.1) is 0 Å². The minimum atomic E-state index is 0.189. The second-order valence-corrected chi connectivity index (χ2v) is 6.41. The zero-order valence-electron chi connectivity index (χ0n) is 13.0. The molecule has 0 bridgehead atoms. The van der Waals surface area contributed by atoms with Gasteiger partial charge in [-0.05, 0) is 31.2 Å². The summed E-state index contributed by atoms with van der Waals surface area (Å²) < 4.78 is 12.1. The van der Waals surface area contributed by atoms with Crippen molar-refractivity contribution in [3.05, 3.63) is 34.3 Å². The molecule has 1 aromatic carbocycles. The summed E-state index contributed by atoms with van der Waals surface area (Å²) in [7, 11) is 5.54. The highest BCUT2D eigenvalue weighted by molar-refractivity contribution is 9.10. The van der Waals surface area contributed by atoms with E-state index in [0.717, 1.165) is 30.5 Å². The van der Waals surface area contributed by atoms with Gasteiger partial charge in [0.15, 0.2) is 0 Å². The van der Waals surface area contributed by atoms with Gasteiger partial charge in [-0.2, -0.15) is 0 Å². The highest BCUT2D eigenvalue weighted by atomic mass is 79.9. The molecule has 3 atom stereocenters. The van der Waals surface area contributed by atoms with Crippen LogP contribution in [-0.2, 0) is 9.47 Å². The summed E-state index contributed by atoms with van der Waals surface area (Å²) in [5.41, 5.74) is 1.32. The molecule has 3 unspecified atom stereocenters. The molecular formula is C16H25BrN2O2. The number of nitrogens with zero attached hydrogens (tertiary/aromatic N) is 1. The average Bonchev–Trinajstić information content (AvgIpc) is 2.90. The van der Waals surface area contributed by atoms with Crippen LogP contribution in [0.5, 0.6) is 0 Å². The maximum absolute atomic E-state index is 5.49. The van der Waals surface area contributed by atoms with E-state index in [1.165, 1.54) is 5.56 Å². The number of nitrogens with one attached hydrogen (secondary N) is 1. The lowest BCUT2D eigenvalue weighted by Gasteiger charge is -2.21. The quantitative estimate of drug-likeness (QED) is 0.813. The second-order valence-electron chi connectivity index (χ2n) is 5.49. The van der Waals surface area contributed by atoms with Crippen LogP contribution in [0.25, 0.3) is 0 Å². The van der Waals surface area contributed by atoms with Crippen molar-refractivity contribution in [3.8, 4) is 0 Å². The van der Waals surface area contributed by atoms with Crippen LogP contribution in [0.1, 0.15) is 18.0 Å². The van der Waals surface area contributed by atoms with Crippen LogP contribution in [0.2, 0.25) is 0 Å². The Morgan fingerprint density at radius 2 is 1.95 bits per heavy atom. The Hall–Kier alpha value is -0.460. The van der Waals surface area contributed by atoms with E-state index in [4.69, 9.17) is 9.47 Å². The van der Waals surface area contributed by atoms with Crippen LogP contribution >= 0.6 is 15.9 Å². The fourth-order valence-corrected chi connectivity index (χ4v) is 3.38. The molecule has 1 saturated heterocycles. The lowest BCUT2D eigenvalue weighted by molar-refractivity contribution is -0.00461. The van der Waals surface area contributed by atoms with Crippen molar-refractivity contribution >= 4 is 15.9 Å². The molecule has 0 amide bonds. The maximum atomic E-state index is 5.49. The molecule has 1 heterocycles. The van der Waals surface area contributed by atoms with Crippen molar-refractivity contribution in [3.63, 3.8) is 0 Å². The summed E-state index contributed by atoms with van der Waals surface area (Å²) in [5, 5.41) is 3.41. The normalized spacial score (nSPS) is 24.4. The molecular weight excluding hydrogens is 332 g/mol. The molecule has 0 spiro atoms. The Balaban J connectivity index is 1.89. The number of benzene rings is 1. The predicted molar refractivity (Wildman–Crippen MR) is 88.6 cm³/mol. The first-order valence-electron chi connectivity index (χ1n) is 7.38. The molecule has 0 radical (unpaired) electrons. The molecule has 1 aliphatic heterocycles. The Kier molecular flexibility index (Phi) is 6.64. The topological polar surface area (TPSA) is 33.7 Å². The zero-order valence-corrected chi connectivity index (χ0v) is 14.6. The summed E-state index contributed by atoms with van der Waals surface area (Å²) >= 11 is 3.54. The number of halogens is 1. The van der Waals surface area contributed by atoms with E-state index in [0.29, 0.717) is 6.04 Å². The Labute approximate surface area is 135 Å². The van der Waals surface area contributed by atoms with Crippen molar-refractivity contribution in [1.82, 2.24) is 10.2 Å². The average molecular weight is 357 g/mol. The van der Waals surface area contributed by atoms with Crippen LogP contribution < -0.4 is 5.32 Å². The van der Waals surface area contributed by atoms with E-state index in [-0.39, 0.29) is 12.2 Å². The first kappa shape index (κ1) is 16.9. The van der Waals surface area contributed by atoms with Gasteiger partial charge in [-0.25, -0.2) is 0 Å². The van der Waals surface area contributed by atoms with E-state index in [1.54, 1.807) is 14.2 Å². The van der Waals surface area contributed by atoms with E-state index < -0.39 is 0 Å². The van der Waals surface area contributed by atoms with Crippen molar-refractivity contribution in [2.24, 2.45) is 0 Å². The minimum Gasteiger partial charge on any atom is -0.377 e. The van der Waals surface area contributed by atoms with Crippen LogP contribution in [0.3, 0.4) is 0 Å². The van der Waals surface area contributed by atoms with Gasteiger partial charge < -0.3 is 14.8 Å². The third kappa shape index (κ3) is 4.50. The van der Waals surface area contributed by atoms with Crippen LogP contribution in [0, 0.1) is 0 Å². The molecule has 0 aliphatic carbocycles. The molecule has 118 valence electrons. The Morgan fingerprint density at radius 1 is 1.29 bits per heavy atom. The molecule has 21 heavy (non-hydrogen) atoms. The van der Waals surface area contributed by atoms with E-state index in [9.17, 15) is 0 Å². The maximum Gasteiger partial charge on any atom is 0.0971 e. The van der Waals surface area contributed by atoms with Gasteiger partial charge in [0.2, 0.25) is 0 Å². The van der Waals surface area contributed by atoms with Gasteiger partial charge in [0.25, 0.3) is 0 Å². The standard InChI is InChI=1S/C16H25BrN2O2/c1-18-14(12-5-4-6-13(17)9-12)7-8-19-10-15(20-2)16(11-19)21-3/h4-6,9,14-16,18H,7-8,10-11H2,1-3H3. The molecule has 5 heteroatoms. The monoisotopic (exact) mass is 356 g/mol. The van der Waals surface area contributed by atoms with Crippen molar-refractivity contribution in [1.29, 1.82) is 0 Å². The molecule has 0 saturated carbocycles. The van der Waals surface area contributed by atoms with Crippen LogP contribution in [0.4, 0.5) is 0 Å². The molecule has 1 aromatic rings. The van der Waals surface area contributed by atoms with Gasteiger partial charge in [0.1, 0.15) is 0 Å². The third-order valence-electron chi connectivity index (χ3n) is 4.23. The number of ether oxygens (including phenoxy) is 2. The summed E-state index contributed by atoms with van der Waals surface area (Å²) in [5.74, 6) is 0. The van der Waals surface area contributed by atoms with Crippen molar-refractivity contribution in [2.75, 3.05) is 40.9 Å². The third-order valence-corrected chi connectivity index (χ3v) is 4.72. The largest absolute Gasteiger partial charge is 0.377 e. The first-order chi connectivity index (χ1) is 10.2. The minimum absolute atomic E-state index is 0.189. The lowest BCUT2D eigenvalue weighted by atomic mass is 10.0. The predicted octanol–water partition coefficient (Wildman–Crippen LogP) is 2.45. The molecule has 1 aliphatic rings. The lowest BCUT2D eigenvalue weighted by Crippen LogP contribution is -2.28. The number of likely N-dealkylation sites (tertiary alicyclic amines) is 1. The molecule has 1 fully saturated rings. The SMILES string of the molecule is CNC(CCN1CC(OC)C(OC)C1)c1cccc(Br)c1. The van der Waals surface area contributed by atoms with E-state index >= 15 is 0 Å². The number of hydrogen-bond acceptors (Lipinski definition) is 4. The summed E-state index contributed by atoms with van der Waals surface area (Å²) in [6.07, 6.45) is 1.45. The first-order valence-corrected chi connectivity index (χ1v) is 8.18. The van der Waals surface area contributed by atoms with Gasteiger partial charge in [0.05, 0.1) is 12.2 Å². The number of rotatable bonds is 7. The van der Waals surface area contributed by atoms with Gasteiger partial charge in [-0.3, -0.25) is 4.90 Å². The van der Waals surface area contributed by atoms with Crippen LogP contribution in [-0.4, -0.2) is 58.0 Å². The highest BCUT2D eigenvalue weighted by Crippen LogP contribution is 2.22. The van der Waals surface area contributed by atoms with Gasteiger partial charge >= 0.3 is 0 Å². The number of methoxy groups -OCH3 is 2. The Bertz CT molecular complexity index is 432. The molecule has 2 rings (SSSR count). The van der Waals surface area contributed by atoms with E-state index in [1.807, 2.05) is 7.05 Å². The summed E-state index contributed by atoms with van der Waals surface area (Å²) in [4.78, 5) is 2.42. The fourth-order valence-electron chi connectivity index (χ4n) is 2.97. The summed E-state index contributed by atoms with van der Waals surface area (Å²) in [6, 6.07) is 8.86. The second kappa shape index (κ2) is 8.25. The molecule has 0 aromatic heterocycles. The molecule has 4 nitrogen and oxygen atoms in total. The van der Waals surface area contributed by atoms with E-state index in [2.05, 4.69) is 50.4 Å².